The molecule has 144 valence electrons. The molecule has 0 fully saturated rings. The molecule has 0 aliphatic heterocycles. The number of aliphatic hydroxyl groups excluding tert-OH is 1. The fraction of sp³-hybridized carbons (Fsp3) is 0.524. The molecular weight excluding hydrogens is 332 g/mol. The Hall–Kier alpha value is -2.14. The second-order valence-electron chi connectivity index (χ2n) is 6.13. The standard InChI is InChI=1S/C21H30O5/c1-16-17(19(24)21(26-3)20(25-2)18(16)23)14-12-10-8-6-4-5-7-9-11-13-15-22/h4,6,11,13,22H,5,7-10,12,14-15H2,1-3H3/b6-4+,13-11+. The van der Waals surface area contributed by atoms with E-state index >= 15 is 0 Å². The number of aliphatic hydroxyl groups is 1. The van der Waals surface area contributed by atoms with Crippen molar-refractivity contribution < 1.29 is 24.2 Å². The molecule has 1 rings (SSSR count). The molecule has 0 atom stereocenters. The monoisotopic (exact) mass is 362 g/mol. The predicted octanol–water partition coefficient (Wildman–Crippen LogP) is 3.79. The highest BCUT2D eigenvalue weighted by atomic mass is 16.5. The van der Waals surface area contributed by atoms with E-state index in [1.807, 2.05) is 6.08 Å². The number of hydrogen-bond donors (Lipinski definition) is 1. The first-order chi connectivity index (χ1) is 12.6. The molecular formula is C21H30O5. The lowest BCUT2D eigenvalue weighted by atomic mass is 9.89. The van der Waals surface area contributed by atoms with E-state index in [0.29, 0.717) is 17.6 Å². The normalized spacial score (nSPS) is 15.7. The summed E-state index contributed by atoms with van der Waals surface area (Å²) in [4.78, 5) is 24.8. The van der Waals surface area contributed by atoms with Crippen molar-refractivity contribution in [1.82, 2.24) is 0 Å². The number of ketones is 2. The smallest absolute Gasteiger partial charge is 0.228 e. The first-order valence-corrected chi connectivity index (χ1v) is 9.10. The highest BCUT2D eigenvalue weighted by molar-refractivity contribution is 6.23. The molecule has 0 saturated heterocycles. The number of unbranched alkanes of at least 4 members (excludes halogenated alkanes) is 4. The van der Waals surface area contributed by atoms with Crippen molar-refractivity contribution >= 4 is 11.6 Å². The van der Waals surface area contributed by atoms with Gasteiger partial charge >= 0.3 is 0 Å². The van der Waals surface area contributed by atoms with Crippen LogP contribution < -0.4 is 0 Å². The van der Waals surface area contributed by atoms with Crippen LogP contribution in [-0.2, 0) is 19.1 Å². The van der Waals surface area contributed by atoms with E-state index in [1.54, 1.807) is 13.0 Å². The third-order valence-electron chi connectivity index (χ3n) is 4.32. The highest BCUT2D eigenvalue weighted by Crippen LogP contribution is 2.28. The Morgan fingerprint density at radius 1 is 0.808 bits per heavy atom. The van der Waals surface area contributed by atoms with E-state index < -0.39 is 0 Å². The summed E-state index contributed by atoms with van der Waals surface area (Å²) in [6, 6.07) is 0. The van der Waals surface area contributed by atoms with Crippen molar-refractivity contribution in [2.75, 3.05) is 20.8 Å². The van der Waals surface area contributed by atoms with Gasteiger partial charge in [0.25, 0.3) is 0 Å². The van der Waals surface area contributed by atoms with Gasteiger partial charge in [0.1, 0.15) is 0 Å². The second kappa shape index (κ2) is 12.3. The summed E-state index contributed by atoms with van der Waals surface area (Å²) in [5.41, 5.74) is 0.992. The Bertz CT molecular complexity index is 608. The van der Waals surface area contributed by atoms with Gasteiger partial charge in [-0.2, -0.15) is 0 Å². The van der Waals surface area contributed by atoms with Gasteiger partial charge in [-0.25, -0.2) is 0 Å². The van der Waals surface area contributed by atoms with Crippen LogP contribution in [-0.4, -0.2) is 37.5 Å². The van der Waals surface area contributed by atoms with E-state index in [-0.39, 0.29) is 29.7 Å². The van der Waals surface area contributed by atoms with Gasteiger partial charge in [0.05, 0.1) is 20.8 Å². The number of rotatable bonds is 12. The number of allylic oxidation sites excluding steroid dienone is 5. The average Bonchev–Trinajstić information content (AvgIpc) is 2.64. The zero-order chi connectivity index (χ0) is 19.4. The molecule has 0 aromatic rings. The van der Waals surface area contributed by atoms with Crippen LogP contribution >= 0.6 is 0 Å². The van der Waals surface area contributed by atoms with E-state index in [1.165, 1.54) is 14.2 Å². The summed E-state index contributed by atoms with van der Waals surface area (Å²) in [7, 11) is 2.75. The van der Waals surface area contributed by atoms with Gasteiger partial charge in [0.15, 0.2) is 0 Å². The van der Waals surface area contributed by atoms with Crippen LogP contribution in [0.4, 0.5) is 0 Å². The number of Topliss-reactive ketones (excluding diaryl/α,β-unsaturated/α-hetero) is 2. The molecule has 0 heterocycles. The van der Waals surface area contributed by atoms with E-state index in [4.69, 9.17) is 14.6 Å². The van der Waals surface area contributed by atoms with Crippen molar-refractivity contribution in [3.63, 3.8) is 0 Å². The molecule has 1 aliphatic rings. The van der Waals surface area contributed by atoms with Crippen LogP contribution in [0.1, 0.15) is 51.9 Å². The van der Waals surface area contributed by atoms with Crippen molar-refractivity contribution in [3.05, 3.63) is 47.0 Å². The molecule has 0 radical (unpaired) electrons. The van der Waals surface area contributed by atoms with Gasteiger partial charge in [0.2, 0.25) is 23.1 Å². The molecule has 0 aromatic carbocycles. The molecule has 0 amide bonds. The molecule has 0 bridgehead atoms. The lowest BCUT2D eigenvalue weighted by Gasteiger charge is -2.20. The van der Waals surface area contributed by atoms with Gasteiger partial charge in [-0.05, 0) is 51.9 Å². The lowest BCUT2D eigenvalue weighted by Crippen LogP contribution is -2.25. The maximum absolute atomic E-state index is 12.5. The number of methoxy groups -OCH3 is 2. The minimum Gasteiger partial charge on any atom is -0.489 e. The first kappa shape index (κ1) is 21.9. The third kappa shape index (κ3) is 6.30. The zero-order valence-electron chi connectivity index (χ0n) is 16.0. The Morgan fingerprint density at radius 2 is 1.35 bits per heavy atom. The molecule has 1 N–H and O–H groups in total. The van der Waals surface area contributed by atoms with Crippen LogP contribution in [0.2, 0.25) is 0 Å². The Labute approximate surface area is 156 Å². The highest BCUT2D eigenvalue weighted by Gasteiger charge is 2.34. The maximum atomic E-state index is 12.5. The third-order valence-corrected chi connectivity index (χ3v) is 4.32. The SMILES string of the molecule is COC1=C(OC)C(=O)C(CCCC/C=C/CCC/C=C/CO)=C(C)C1=O. The largest absolute Gasteiger partial charge is 0.489 e. The molecule has 0 unspecified atom stereocenters. The van der Waals surface area contributed by atoms with Crippen molar-refractivity contribution in [1.29, 1.82) is 0 Å². The van der Waals surface area contributed by atoms with Gasteiger partial charge in [-0.15, -0.1) is 0 Å². The van der Waals surface area contributed by atoms with Gasteiger partial charge in [-0.3, -0.25) is 9.59 Å². The number of carbonyl (C=O) groups is 2. The van der Waals surface area contributed by atoms with Crippen LogP contribution in [0.25, 0.3) is 0 Å². The van der Waals surface area contributed by atoms with Gasteiger partial charge in [-0.1, -0.05) is 24.3 Å². The number of carbonyl (C=O) groups excluding carboxylic acids is 2. The average molecular weight is 362 g/mol. The van der Waals surface area contributed by atoms with Crippen LogP contribution in [0.15, 0.2) is 47.0 Å². The molecule has 5 nitrogen and oxygen atoms in total. The first-order valence-electron chi connectivity index (χ1n) is 9.10. The molecule has 0 spiro atoms. The van der Waals surface area contributed by atoms with Gasteiger partial charge in [0, 0.05) is 11.1 Å². The quantitative estimate of drug-likeness (QED) is 0.325. The molecule has 0 saturated carbocycles. The Morgan fingerprint density at radius 3 is 1.92 bits per heavy atom. The van der Waals surface area contributed by atoms with Crippen LogP contribution in [0.5, 0.6) is 0 Å². The van der Waals surface area contributed by atoms with Gasteiger partial charge < -0.3 is 14.6 Å². The van der Waals surface area contributed by atoms with Crippen molar-refractivity contribution in [2.45, 2.75) is 51.9 Å². The Kier molecular flexibility index (Phi) is 10.3. The minimum atomic E-state index is -0.269. The van der Waals surface area contributed by atoms with Crippen LogP contribution in [0.3, 0.4) is 0 Å². The summed E-state index contributed by atoms with van der Waals surface area (Å²) >= 11 is 0. The number of hydrogen-bond acceptors (Lipinski definition) is 5. The molecule has 26 heavy (non-hydrogen) atoms. The zero-order valence-corrected chi connectivity index (χ0v) is 16.0. The van der Waals surface area contributed by atoms with Crippen molar-refractivity contribution in [2.24, 2.45) is 0 Å². The fourth-order valence-electron chi connectivity index (χ4n) is 2.84. The number of ether oxygens (including phenoxy) is 2. The summed E-state index contributed by atoms with van der Waals surface area (Å²) < 4.78 is 10.1. The van der Waals surface area contributed by atoms with E-state index in [0.717, 1.165) is 38.5 Å². The second-order valence-corrected chi connectivity index (χ2v) is 6.13. The molecule has 0 aromatic heterocycles. The van der Waals surface area contributed by atoms with E-state index in [9.17, 15) is 9.59 Å². The molecule has 5 heteroatoms. The lowest BCUT2D eigenvalue weighted by molar-refractivity contribution is -0.121. The maximum Gasteiger partial charge on any atom is 0.228 e. The summed E-state index contributed by atoms with van der Waals surface area (Å²) in [6.45, 7) is 1.78. The van der Waals surface area contributed by atoms with E-state index in [2.05, 4.69) is 12.2 Å². The predicted molar refractivity (Wildman–Crippen MR) is 101 cm³/mol. The minimum absolute atomic E-state index is 0.00415. The van der Waals surface area contributed by atoms with Crippen LogP contribution in [0, 0.1) is 0 Å². The fourth-order valence-corrected chi connectivity index (χ4v) is 2.84. The molecule has 1 aliphatic carbocycles. The summed E-state index contributed by atoms with van der Waals surface area (Å²) in [6.07, 6.45) is 14.5. The van der Waals surface area contributed by atoms with Crippen molar-refractivity contribution in [3.8, 4) is 0 Å². The summed E-state index contributed by atoms with van der Waals surface area (Å²) in [5, 5.41) is 8.63. The topological polar surface area (TPSA) is 72.8 Å². The summed E-state index contributed by atoms with van der Waals surface area (Å²) in [5.74, 6) is -0.509. The Balaban J connectivity index is 2.39.